The van der Waals surface area contributed by atoms with E-state index in [1.807, 2.05) is 0 Å². The summed E-state index contributed by atoms with van der Waals surface area (Å²) in [5, 5.41) is 3.15. The Hall–Kier alpha value is -3.06. The number of ether oxygens (including phenoxy) is 3. The van der Waals surface area contributed by atoms with Crippen LogP contribution in [-0.4, -0.2) is 38.0 Å². The molecular formula is C20H20ClNO6. The third-order valence-electron chi connectivity index (χ3n) is 3.79. The van der Waals surface area contributed by atoms with Crippen molar-refractivity contribution < 1.29 is 28.6 Å². The van der Waals surface area contributed by atoms with Gasteiger partial charge in [0.25, 0.3) is 5.91 Å². The highest BCUT2D eigenvalue weighted by molar-refractivity contribution is 6.31. The van der Waals surface area contributed by atoms with Gasteiger partial charge in [0.05, 0.1) is 12.8 Å². The molecule has 0 bridgehead atoms. The van der Waals surface area contributed by atoms with E-state index in [0.717, 1.165) is 5.56 Å². The maximum absolute atomic E-state index is 12.3. The number of carbonyl (C=O) groups is 3. The smallest absolute Gasteiger partial charge is 0.344 e. The molecule has 2 rings (SSSR count). The molecule has 0 saturated carbocycles. The molecule has 7 nitrogen and oxygen atoms in total. The van der Waals surface area contributed by atoms with E-state index in [0.29, 0.717) is 34.1 Å². The highest BCUT2D eigenvalue weighted by Gasteiger charge is 2.20. The van der Waals surface area contributed by atoms with Gasteiger partial charge in [-0.05, 0) is 49.7 Å². The lowest BCUT2D eigenvalue weighted by Gasteiger charge is -2.16. The molecule has 2 aromatic rings. The number of amides is 1. The van der Waals surface area contributed by atoms with Crippen LogP contribution < -0.4 is 14.8 Å². The summed E-state index contributed by atoms with van der Waals surface area (Å²) < 4.78 is 15.6. The minimum Gasteiger partial charge on any atom is -0.495 e. The molecular weight excluding hydrogens is 386 g/mol. The predicted octanol–water partition coefficient (Wildman–Crippen LogP) is 3.42. The van der Waals surface area contributed by atoms with Crippen molar-refractivity contribution in [2.75, 3.05) is 19.0 Å². The number of carbonyl (C=O) groups excluding carboxylic acids is 3. The van der Waals surface area contributed by atoms with E-state index in [4.69, 9.17) is 25.8 Å². The van der Waals surface area contributed by atoms with Crippen molar-refractivity contribution in [3.63, 3.8) is 0 Å². The second-order valence-corrected chi connectivity index (χ2v) is 6.31. The molecule has 1 N–H and O–H groups in total. The molecule has 2 aromatic carbocycles. The molecule has 8 heteroatoms. The van der Waals surface area contributed by atoms with Crippen LogP contribution in [0.5, 0.6) is 11.5 Å². The number of esters is 1. The number of rotatable bonds is 8. The first-order chi connectivity index (χ1) is 13.3. The van der Waals surface area contributed by atoms with Crippen LogP contribution in [-0.2, 0) is 14.3 Å². The summed E-state index contributed by atoms with van der Waals surface area (Å²) in [6.45, 7) is 2.86. The van der Waals surface area contributed by atoms with Crippen LogP contribution in [0.2, 0.25) is 5.02 Å². The molecule has 1 amide bonds. The number of aryl methyl sites for hydroxylation is 1. The Morgan fingerprint density at radius 1 is 1.21 bits per heavy atom. The Balaban J connectivity index is 1.90. The van der Waals surface area contributed by atoms with Crippen molar-refractivity contribution in [1.29, 1.82) is 0 Å². The number of anilines is 1. The number of methoxy groups -OCH3 is 1. The molecule has 0 saturated heterocycles. The van der Waals surface area contributed by atoms with Gasteiger partial charge in [0.15, 0.2) is 12.7 Å². The standard InChI is InChI=1S/C20H20ClNO6/c1-12-8-17(18(26-3)9-16(12)21)22-20(25)13(2)28-19(24)11-27-15-6-4-14(10-23)5-7-15/h4-10,13H,11H2,1-3H3,(H,22,25)/t13-/m1/s1. The van der Waals surface area contributed by atoms with Gasteiger partial charge in [-0.15, -0.1) is 0 Å². The Morgan fingerprint density at radius 3 is 2.50 bits per heavy atom. The van der Waals surface area contributed by atoms with Crippen molar-refractivity contribution in [2.45, 2.75) is 20.0 Å². The average Bonchev–Trinajstić information content (AvgIpc) is 2.69. The number of hydrogen-bond donors (Lipinski definition) is 1. The molecule has 0 heterocycles. The van der Waals surface area contributed by atoms with Crippen molar-refractivity contribution >= 4 is 35.5 Å². The first kappa shape index (κ1) is 21.2. The Morgan fingerprint density at radius 2 is 1.89 bits per heavy atom. The molecule has 0 aliphatic heterocycles. The summed E-state index contributed by atoms with van der Waals surface area (Å²) >= 11 is 6.04. The number of benzene rings is 2. The van der Waals surface area contributed by atoms with E-state index < -0.39 is 18.0 Å². The van der Waals surface area contributed by atoms with E-state index >= 15 is 0 Å². The molecule has 0 unspecified atom stereocenters. The van der Waals surface area contributed by atoms with Crippen LogP contribution in [0.3, 0.4) is 0 Å². The normalized spacial score (nSPS) is 11.3. The zero-order valence-electron chi connectivity index (χ0n) is 15.7. The van der Waals surface area contributed by atoms with Gasteiger partial charge in [-0.3, -0.25) is 9.59 Å². The third-order valence-corrected chi connectivity index (χ3v) is 4.20. The highest BCUT2D eigenvalue weighted by atomic mass is 35.5. The maximum Gasteiger partial charge on any atom is 0.344 e. The second kappa shape index (κ2) is 9.75. The number of hydrogen-bond acceptors (Lipinski definition) is 6. The summed E-state index contributed by atoms with van der Waals surface area (Å²) in [7, 11) is 1.46. The lowest BCUT2D eigenvalue weighted by Crippen LogP contribution is -2.31. The van der Waals surface area contributed by atoms with Crippen LogP contribution in [0.4, 0.5) is 5.69 Å². The maximum atomic E-state index is 12.3. The first-order valence-electron chi connectivity index (χ1n) is 8.36. The van der Waals surface area contributed by atoms with Gasteiger partial charge < -0.3 is 19.5 Å². The van der Waals surface area contributed by atoms with E-state index in [1.54, 1.807) is 43.3 Å². The lowest BCUT2D eigenvalue weighted by atomic mass is 10.2. The van der Waals surface area contributed by atoms with Gasteiger partial charge in [0.2, 0.25) is 0 Å². The Kier molecular flexibility index (Phi) is 7.40. The molecule has 0 aliphatic rings. The fraction of sp³-hybridized carbons (Fsp3) is 0.250. The lowest BCUT2D eigenvalue weighted by molar-refractivity contribution is -0.155. The monoisotopic (exact) mass is 405 g/mol. The van der Waals surface area contributed by atoms with Crippen molar-refractivity contribution in [3.05, 3.63) is 52.5 Å². The van der Waals surface area contributed by atoms with Crippen molar-refractivity contribution in [2.24, 2.45) is 0 Å². The van der Waals surface area contributed by atoms with Crippen LogP contribution in [0.15, 0.2) is 36.4 Å². The number of nitrogens with one attached hydrogen (secondary N) is 1. The van der Waals surface area contributed by atoms with E-state index in [-0.39, 0.29) is 6.61 Å². The number of halogens is 1. The zero-order valence-corrected chi connectivity index (χ0v) is 16.4. The Labute approximate surface area is 167 Å². The first-order valence-corrected chi connectivity index (χ1v) is 8.74. The molecule has 0 radical (unpaired) electrons. The van der Waals surface area contributed by atoms with Gasteiger partial charge in [-0.25, -0.2) is 4.79 Å². The summed E-state index contributed by atoms with van der Waals surface area (Å²) in [5.41, 5.74) is 1.67. The van der Waals surface area contributed by atoms with Crippen LogP contribution in [0.25, 0.3) is 0 Å². The SMILES string of the molecule is COc1cc(Cl)c(C)cc1NC(=O)[C@@H](C)OC(=O)COc1ccc(C=O)cc1. The summed E-state index contributed by atoms with van der Waals surface area (Å²) in [6, 6.07) is 9.49. The molecule has 0 aromatic heterocycles. The summed E-state index contributed by atoms with van der Waals surface area (Å²) in [6.07, 6.45) is -0.343. The van der Waals surface area contributed by atoms with E-state index in [1.165, 1.54) is 14.0 Å². The van der Waals surface area contributed by atoms with Crippen LogP contribution in [0, 0.1) is 6.92 Å². The van der Waals surface area contributed by atoms with Gasteiger partial charge in [-0.1, -0.05) is 11.6 Å². The number of aldehydes is 1. The third kappa shape index (κ3) is 5.72. The van der Waals surface area contributed by atoms with Crippen LogP contribution in [0.1, 0.15) is 22.8 Å². The fourth-order valence-corrected chi connectivity index (χ4v) is 2.39. The molecule has 148 valence electrons. The molecule has 0 aliphatic carbocycles. The van der Waals surface area contributed by atoms with Gasteiger partial charge in [0.1, 0.15) is 17.8 Å². The summed E-state index contributed by atoms with van der Waals surface area (Å²) in [5.74, 6) is -0.435. The summed E-state index contributed by atoms with van der Waals surface area (Å²) in [4.78, 5) is 34.8. The van der Waals surface area contributed by atoms with Gasteiger partial charge in [0, 0.05) is 16.7 Å². The average molecular weight is 406 g/mol. The van der Waals surface area contributed by atoms with Crippen molar-refractivity contribution in [1.82, 2.24) is 0 Å². The fourth-order valence-electron chi connectivity index (χ4n) is 2.23. The van der Waals surface area contributed by atoms with E-state index in [2.05, 4.69) is 5.32 Å². The molecule has 1 atom stereocenters. The molecule has 28 heavy (non-hydrogen) atoms. The van der Waals surface area contributed by atoms with E-state index in [9.17, 15) is 14.4 Å². The van der Waals surface area contributed by atoms with Crippen LogP contribution >= 0.6 is 11.6 Å². The second-order valence-electron chi connectivity index (χ2n) is 5.90. The predicted molar refractivity (Wildman–Crippen MR) is 104 cm³/mol. The Bertz CT molecular complexity index is 866. The largest absolute Gasteiger partial charge is 0.495 e. The van der Waals surface area contributed by atoms with Crippen molar-refractivity contribution in [3.8, 4) is 11.5 Å². The zero-order chi connectivity index (χ0) is 20.7. The minimum absolute atomic E-state index is 0.374. The molecule has 0 fully saturated rings. The van der Waals surface area contributed by atoms with Gasteiger partial charge >= 0.3 is 5.97 Å². The quantitative estimate of drug-likeness (QED) is 0.534. The minimum atomic E-state index is -1.05. The van der Waals surface area contributed by atoms with Gasteiger partial charge in [-0.2, -0.15) is 0 Å². The topological polar surface area (TPSA) is 90.9 Å². The highest BCUT2D eigenvalue weighted by Crippen LogP contribution is 2.31. The molecule has 0 spiro atoms.